The first kappa shape index (κ1) is 19.1. The van der Waals surface area contributed by atoms with Gasteiger partial charge in [-0.2, -0.15) is 0 Å². The molecule has 1 heterocycles. The van der Waals surface area contributed by atoms with E-state index in [0.717, 1.165) is 12.0 Å². The Balaban J connectivity index is 2.23. The first-order valence-corrected chi connectivity index (χ1v) is 8.58. The van der Waals surface area contributed by atoms with E-state index in [0.29, 0.717) is 37.5 Å². The molecular formula is C19H28N2O4. The molecule has 1 aromatic carbocycles. The predicted molar refractivity (Wildman–Crippen MR) is 96.2 cm³/mol. The fourth-order valence-corrected chi connectivity index (χ4v) is 2.94. The molecule has 1 saturated heterocycles. The molecule has 25 heavy (non-hydrogen) atoms. The van der Waals surface area contributed by atoms with Crippen molar-refractivity contribution in [2.75, 3.05) is 40.4 Å². The first-order valence-electron chi connectivity index (χ1n) is 8.58. The van der Waals surface area contributed by atoms with Crippen molar-refractivity contribution in [3.63, 3.8) is 0 Å². The SMILES string of the molecule is COC(=O)N1CCCN(C(=O)c2cc(C(C)(C)C)ccc2OC)CC1. The van der Waals surface area contributed by atoms with Gasteiger partial charge in [-0.1, -0.05) is 26.8 Å². The number of amides is 2. The molecule has 6 heteroatoms. The lowest BCUT2D eigenvalue weighted by Crippen LogP contribution is -2.37. The highest BCUT2D eigenvalue weighted by molar-refractivity contribution is 5.97. The number of hydrogen-bond acceptors (Lipinski definition) is 4. The Hall–Kier alpha value is -2.24. The highest BCUT2D eigenvalue weighted by atomic mass is 16.5. The van der Waals surface area contributed by atoms with Gasteiger partial charge in [-0.25, -0.2) is 4.79 Å². The minimum absolute atomic E-state index is 0.0538. The van der Waals surface area contributed by atoms with Crippen LogP contribution in [0.5, 0.6) is 5.75 Å². The molecule has 2 amide bonds. The van der Waals surface area contributed by atoms with Crippen LogP contribution in [0.4, 0.5) is 4.79 Å². The van der Waals surface area contributed by atoms with Gasteiger partial charge in [-0.15, -0.1) is 0 Å². The number of rotatable bonds is 2. The zero-order valence-corrected chi connectivity index (χ0v) is 15.8. The quantitative estimate of drug-likeness (QED) is 0.824. The smallest absolute Gasteiger partial charge is 0.409 e. The van der Waals surface area contributed by atoms with Crippen LogP contribution in [0, 0.1) is 0 Å². The summed E-state index contributed by atoms with van der Waals surface area (Å²) in [5, 5.41) is 0. The van der Waals surface area contributed by atoms with Crippen LogP contribution < -0.4 is 4.74 Å². The molecule has 0 aliphatic carbocycles. The number of carbonyl (C=O) groups excluding carboxylic acids is 2. The average molecular weight is 348 g/mol. The van der Waals surface area contributed by atoms with Crippen molar-refractivity contribution >= 4 is 12.0 Å². The zero-order valence-electron chi connectivity index (χ0n) is 15.8. The maximum absolute atomic E-state index is 13.1. The van der Waals surface area contributed by atoms with Crippen molar-refractivity contribution in [3.8, 4) is 5.75 Å². The molecule has 0 aromatic heterocycles. The lowest BCUT2D eigenvalue weighted by molar-refractivity contribution is 0.0753. The third-order valence-electron chi connectivity index (χ3n) is 4.51. The Morgan fingerprint density at radius 3 is 2.24 bits per heavy atom. The van der Waals surface area contributed by atoms with Crippen molar-refractivity contribution in [1.82, 2.24) is 9.80 Å². The number of carbonyl (C=O) groups is 2. The molecule has 1 aromatic rings. The van der Waals surface area contributed by atoms with Crippen molar-refractivity contribution in [2.24, 2.45) is 0 Å². The van der Waals surface area contributed by atoms with Gasteiger partial charge in [0.25, 0.3) is 5.91 Å². The van der Waals surface area contributed by atoms with Gasteiger partial charge in [-0.05, 0) is 29.5 Å². The highest BCUT2D eigenvalue weighted by Gasteiger charge is 2.26. The third-order valence-corrected chi connectivity index (χ3v) is 4.51. The fourth-order valence-electron chi connectivity index (χ4n) is 2.94. The predicted octanol–water partition coefficient (Wildman–Crippen LogP) is 2.91. The maximum atomic E-state index is 13.1. The summed E-state index contributed by atoms with van der Waals surface area (Å²) in [7, 11) is 2.95. The van der Waals surface area contributed by atoms with Gasteiger partial charge in [0.1, 0.15) is 5.75 Å². The summed E-state index contributed by atoms with van der Waals surface area (Å²) in [6.45, 7) is 8.50. The van der Waals surface area contributed by atoms with Crippen LogP contribution in [0.3, 0.4) is 0 Å². The van der Waals surface area contributed by atoms with Crippen LogP contribution in [0.2, 0.25) is 0 Å². The molecule has 0 bridgehead atoms. The van der Waals surface area contributed by atoms with Crippen molar-refractivity contribution in [3.05, 3.63) is 29.3 Å². The summed E-state index contributed by atoms with van der Waals surface area (Å²) in [5.74, 6) is 0.515. The van der Waals surface area contributed by atoms with Crippen LogP contribution in [-0.4, -0.2) is 62.2 Å². The van der Waals surface area contributed by atoms with E-state index >= 15 is 0 Å². The Labute approximate surface area is 149 Å². The van der Waals surface area contributed by atoms with Crippen molar-refractivity contribution in [2.45, 2.75) is 32.6 Å². The number of nitrogens with zero attached hydrogens (tertiary/aromatic N) is 2. The van der Waals surface area contributed by atoms with Crippen LogP contribution in [0.15, 0.2) is 18.2 Å². The van der Waals surface area contributed by atoms with Gasteiger partial charge in [0.2, 0.25) is 0 Å². The van der Waals surface area contributed by atoms with Crippen molar-refractivity contribution < 1.29 is 19.1 Å². The Bertz CT molecular complexity index is 637. The monoisotopic (exact) mass is 348 g/mol. The molecule has 1 aliphatic heterocycles. The fraction of sp³-hybridized carbons (Fsp3) is 0.579. The molecule has 0 unspecified atom stereocenters. The number of methoxy groups -OCH3 is 2. The van der Waals surface area contributed by atoms with E-state index in [1.807, 2.05) is 18.2 Å². The molecule has 2 rings (SSSR count). The summed E-state index contributed by atoms with van der Waals surface area (Å²) in [5.41, 5.74) is 1.60. The summed E-state index contributed by atoms with van der Waals surface area (Å²) in [6.07, 6.45) is 0.379. The molecule has 0 spiro atoms. The van der Waals surface area contributed by atoms with Gasteiger partial charge in [0, 0.05) is 26.2 Å². The molecule has 6 nitrogen and oxygen atoms in total. The molecule has 138 valence electrons. The first-order chi connectivity index (χ1) is 11.8. The minimum Gasteiger partial charge on any atom is -0.496 e. The van der Waals surface area contributed by atoms with Crippen LogP contribution in [0.1, 0.15) is 43.1 Å². The largest absolute Gasteiger partial charge is 0.496 e. The van der Waals surface area contributed by atoms with Crippen LogP contribution in [0.25, 0.3) is 0 Å². The van der Waals surface area contributed by atoms with E-state index in [2.05, 4.69) is 20.8 Å². The molecule has 0 N–H and O–H groups in total. The van der Waals surface area contributed by atoms with E-state index < -0.39 is 0 Å². The van der Waals surface area contributed by atoms with E-state index in [-0.39, 0.29) is 17.4 Å². The van der Waals surface area contributed by atoms with Gasteiger partial charge in [0.15, 0.2) is 0 Å². The lowest BCUT2D eigenvalue weighted by atomic mass is 9.86. The summed E-state index contributed by atoms with van der Waals surface area (Å²) in [6, 6.07) is 5.77. The molecular weight excluding hydrogens is 320 g/mol. The van der Waals surface area contributed by atoms with Crippen LogP contribution in [-0.2, 0) is 10.2 Å². The summed E-state index contributed by atoms with van der Waals surface area (Å²) >= 11 is 0. The standard InChI is InChI=1S/C19H28N2O4/c1-19(2,3)14-7-8-16(24-4)15(13-14)17(22)20-9-6-10-21(12-11-20)18(23)25-5/h7-8,13H,6,9-12H2,1-5H3. The van der Waals surface area contributed by atoms with Gasteiger partial charge in [0.05, 0.1) is 19.8 Å². The van der Waals surface area contributed by atoms with Gasteiger partial charge in [-0.3, -0.25) is 4.79 Å². The Morgan fingerprint density at radius 1 is 1.00 bits per heavy atom. The normalized spacial score (nSPS) is 15.6. The molecule has 1 fully saturated rings. The molecule has 0 atom stereocenters. The second-order valence-electron chi connectivity index (χ2n) is 7.27. The van der Waals surface area contributed by atoms with Gasteiger partial charge < -0.3 is 19.3 Å². The zero-order chi connectivity index (χ0) is 18.6. The van der Waals surface area contributed by atoms with Crippen molar-refractivity contribution in [1.29, 1.82) is 0 Å². The number of hydrogen-bond donors (Lipinski definition) is 0. The lowest BCUT2D eigenvalue weighted by Gasteiger charge is -2.24. The highest BCUT2D eigenvalue weighted by Crippen LogP contribution is 2.29. The average Bonchev–Trinajstić information content (AvgIpc) is 2.85. The third kappa shape index (κ3) is 4.44. The van der Waals surface area contributed by atoms with E-state index in [4.69, 9.17) is 9.47 Å². The Kier molecular flexibility index (Phi) is 5.93. The molecule has 0 radical (unpaired) electrons. The minimum atomic E-state index is -0.346. The maximum Gasteiger partial charge on any atom is 0.409 e. The second kappa shape index (κ2) is 7.76. The van der Waals surface area contributed by atoms with E-state index in [1.54, 1.807) is 16.9 Å². The van der Waals surface area contributed by atoms with Gasteiger partial charge >= 0.3 is 6.09 Å². The molecule has 1 aliphatic rings. The number of ether oxygens (including phenoxy) is 2. The summed E-state index contributed by atoms with van der Waals surface area (Å²) in [4.78, 5) is 28.2. The Morgan fingerprint density at radius 2 is 1.64 bits per heavy atom. The van der Waals surface area contributed by atoms with Crippen LogP contribution >= 0.6 is 0 Å². The second-order valence-corrected chi connectivity index (χ2v) is 7.27. The topological polar surface area (TPSA) is 59.1 Å². The summed E-state index contributed by atoms with van der Waals surface area (Å²) < 4.78 is 10.2. The molecule has 0 saturated carbocycles. The van der Waals surface area contributed by atoms with E-state index in [1.165, 1.54) is 7.11 Å². The van der Waals surface area contributed by atoms with E-state index in [9.17, 15) is 9.59 Å². The number of benzene rings is 1.